The molecule has 1 aromatic carbocycles. The average Bonchev–Trinajstić information content (AvgIpc) is 2.58. The Labute approximate surface area is 136 Å². The largest absolute Gasteiger partial charge is 0.466 e. The molecule has 2 rings (SSSR count). The second-order valence-corrected chi connectivity index (χ2v) is 5.22. The van der Waals surface area contributed by atoms with Crippen LogP contribution in [0.2, 0.25) is 0 Å². The van der Waals surface area contributed by atoms with Crippen LogP contribution in [0.3, 0.4) is 0 Å². The standard InChI is InChI=1S/C19H17N3O/c1-22(2)18-6-3-15(4-7-18)5-8-19-12-16(9-10-23-19)11-17(13-20)14-21/h3-12,16H,1-2H3. The number of ether oxygens (including phenoxy) is 1. The number of hydrogen-bond donors (Lipinski definition) is 0. The molecule has 0 spiro atoms. The molecule has 0 fully saturated rings. The summed E-state index contributed by atoms with van der Waals surface area (Å²) >= 11 is 0. The molecule has 1 aromatic rings. The summed E-state index contributed by atoms with van der Waals surface area (Å²) in [6.07, 6.45) is 10.7. The predicted octanol–water partition coefficient (Wildman–Crippen LogP) is 3.78. The summed E-state index contributed by atoms with van der Waals surface area (Å²) in [6, 6.07) is 11.9. The highest BCUT2D eigenvalue weighted by Crippen LogP contribution is 2.19. The Kier molecular flexibility index (Phi) is 5.39. The van der Waals surface area contributed by atoms with E-state index in [0.29, 0.717) is 5.76 Å². The van der Waals surface area contributed by atoms with Crippen LogP contribution in [-0.4, -0.2) is 14.1 Å². The summed E-state index contributed by atoms with van der Waals surface area (Å²) in [5.41, 5.74) is 2.31. The van der Waals surface area contributed by atoms with Gasteiger partial charge in [0.2, 0.25) is 0 Å². The van der Waals surface area contributed by atoms with E-state index in [4.69, 9.17) is 15.3 Å². The van der Waals surface area contributed by atoms with Gasteiger partial charge in [0.15, 0.2) is 0 Å². The molecule has 1 aliphatic rings. The van der Waals surface area contributed by atoms with Crippen LogP contribution in [0.5, 0.6) is 0 Å². The van der Waals surface area contributed by atoms with Gasteiger partial charge in [-0.2, -0.15) is 10.5 Å². The van der Waals surface area contributed by atoms with Crippen molar-refractivity contribution < 1.29 is 4.74 Å². The van der Waals surface area contributed by atoms with Crippen molar-refractivity contribution in [3.8, 4) is 12.1 Å². The molecule has 1 atom stereocenters. The molecule has 0 saturated carbocycles. The highest BCUT2D eigenvalue weighted by Gasteiger charge is 2.07. The van der Waals surface area contributed by atoms with Gasteiger partial charge in [0.1, 0.15) is 23.5 Å². The van der Waals surface area contributed by atoms with Crippen molar-refractivity contribution in [3.63, 3.8) is 0 Å². The number of benzene rings is 1. The average molecular weight is 303 g/mol. The van der Waals surface area contributed by atoms with Crippen LogP contribution in [0.15, 0.2) is 66.2 Å². The SMILES string of the molecule is CN(C)c1ccc(C=CC2=CC(C=C(C#N)C#N)C=CO2)cc1. The summed E-state index contributed by atoms with van der Waals surface area (Å²) in [7, 11) is 4.00. The highest BCUT2D eigenvalue weighted by molar-refractivity contribution is 5.57. The van der Waals surface area contributed by atoms with E-state index in [0.717, 1.165) is 11.3 Å². The molecule has 1 heterocycles. The van der Waals surface area contributed by atoms with E-state index >= 15 is 0 Å². The van der Waals surface area contributed by atoms with Crippen molar-refractivity contribution >= 4 is 11.8 Å². The van der Waals surface area contributed by atoms with Gasteiger partial charge >= 0.3 is 0 Å². The fraction of sp³-hybridized carbons (Fsp3) is 0.158. The fourth-order valence-electron chi connectivity index (χ4n) is 2.05. The second kappa shape index (κ2) is 7.68. The Morgan fingerprint density at radius 1 is 1.13 bits per heavy atom. The Morgan fingerprint density at radius 3 is 2.43 bits per heavy atom. The molecule has 0 radical (unpaired) electrons. The van der Waals surface area contributed by atoms with E-state index in [-0.39, 0.29) is 11.5 Å². The van der Waals surface area contributed by atoms with Gasteiger partial charge in [0.05, 0.1) is 6.26 Å². The third-order valence-corrected chi connectivity index (χ3v) is 3.31. The molecule has 0 aliphatic carbocycles. The molecule has 23 heavy (non-hydrogen) atoms. The Hall–Kier alpha value is -3.24. The lowest BCUT2D eigenvalue weighted by Crippen LogP contribution is -2.07. The van der Waals surface area contributed by atoms with Crippen molar-refractivity contribution in [3.05, 3.63) is 71.7 Å². The van der Waals surface area contributed by atoms with Crippen LogP contribution in [0.4, 0.5) is 5.69 Å². The van der Waals surface area contributed by atoms with Gasteiger partial charge in [0, 0.05) is 25.7 Å². The molecule has 0 bridgehead atoms. The molecule has 0 saturated heterocycles. The third kappa shape index (κ3) is 4.62. The van der Waals surface area contributed by atoms with Gasteiger partial charge in [-0.25, -0.2) is 0 Å². The topological polar surface area (TPSA) is 60.0 Å². The molecule has 0 aromatic heterocycles. The van der Waals surface area contributed by atoms with Crippen LogP contribution >= 0.6 is 0 Å². The van der Waals surface area contributed by atoms with E-state index in [1.54, 1.807) is 18.4 Å². The van der Waals surface area contributed by atoms with Crippen LogP contribution in [0, 0.1) is 28.6 Å². The second-order valence-electron chi connectivity index (χ2n) is 5.22. The number of nitriles is 2. The van der Waals surface area contributed by atoms with Gasteiger partial charge < -0.3 is 9.64 Å². The highest BCUT2D eigenvalue weighted by atomic mass is 16.5. The first-order chi connectivity index (χ1) is 11.1. The van der Waals surface area contributed by atoms with E-state index < -0.39 is 0 Å². The smallest absolute Gasteiger partial charge is 0.126 e. The van der Waals surface area contributed by atoms with Crippen LogP contribution in [-0.2, 0) is 4.74 Å². The molecule has 1 aliphatic heterocycles. The van der Waals surface area contributed by atoms with E-state index in [1.807, 2.05) is 73.6 Å². The number of rotatable bonds is 4. The van der Waals surface area contributed by atoms with Gasteiger partial charge in [0.25, 0.3) is 0 Å². The molecule has 114 valence electrons. The summed E-state index contributed by atoms with van der Waals surface area (Å²) in [5.74, 6) is 0.564. The molecule has 0 N–H and O–H groups in total. The zero-order valence-electron chi connectivity index (χ0n) is 13.1. The third-order valence-electron chi connectivity index (χ3n) is 3.31. The van der Waals surface area contributed by atoms with E-state index in [2.05, 4.69) is 0 Å². The van der Waals surface area contributed by atoms with Crippen LogP contribution < -0.4 is 4.90 Å². The van der Waals surface area contributed by atoms with E-state index in [1.165, 1.54) is 0 Å². The first kappa shape index (κ1) is 16.1. The van der Waals surface area contributed by atoms with Crippen LogP contribution in [0.25, 0.3) is 6.08 Å². The molecule has 4 nitrogen and oxygen atoms in total. The number of nitrogens with zero attached hydrogens (tertiary/aromatic N) is 3. The first-order valence-electron chi connectivity index (χ1n) is 7.15. The molecule has 0 amide bonds. The van der Waals surface area contributed by atoms with Gasteiger partial charge in [-0.1, -0.05) is 18.2 Å². The van der Waals surface area contributed by atoms with Gasteiger partial charge in [-0.15, -0.1) is 0 Å². The monoisotopic (exact) mass is 303 g/mol. The van der Waals surface area contributed by atoms with Crippen molar-refractivity contribution in [1.82, 2.24) is 0 Å². The molecule has 1 unspecified atom stereocenters. The summed E-state index contributed by atoms with van der Waals surface area (Å²) in [6.45, 7) is 0. The number of allylic oxidation sites excluding steroid dienone is 5. The van der Waals surface area contributed by atoms with Gasteiger partial charge in [-0.05, 0) is 42.0 Å². The maximum atomic E-state index is 8.80. The predicted molar refractivity (Wildman–Crippen MR) is 90.9 cm³/mol. The molecular formula is C19H17N3O. The quantitative estimate of drug-likeness (QED) is 0.794. The maximum Gasteiger partial charge on any atom is 0.126 e. The van der Waals surface area contributed by atoms with Crippen LogP contribution in [0.1, 0.15) is 5.56 Å². The minimum atomic E-state index is -0.117. The lowest BCUT2D eigenvalue weighted by molar-refractivity contribution is 0.354. The molecule has 4 heteroatoms. The zero-order valence-corrected chi connectivity index (χ0v) is 13.1. The fourth-order valence-corrected chi connectivity index (χ4v) is 2.05. The Bertz CT molecular complexity index is 737. The minimum Gasteiger partial charge on any atom is -0.466 e. The summed E-state index contributed by atoms with van der Waals surface area (Å²) in [5, 5.41) is 17.6. The Morgan fingerprint density at radius 2 is 1.83 bits per heavy atom. The van der Waals surface area contributed by atoms with Crippen molar-refractivity contribution in [2.45, 2.75) is 0 Å². The van der Waals surface area contributed by atoms with Crippen molar-refractivity contribution in [2.75, 3.05) is 19.0 Å². The number of anilines is 1. The summed E-state index contributed by atoms with van der Waals surface area (Å²) < 4.78 is 5.43. The minimum absolute atomic E-state index is 0.0976. The lowest BCUT2D eigenvalue weighted by atomic mass is 10.0. The first-order valence-corrected chi connectivity index (χ1v) is 7.15. The van der Waals surface area contributed by atoms with Crippen molar-refractivity contribution in [1.29, 1.82) is 10.5 Å². The van der Waals surface area contributed by atoms with E-state index in [9.17, 15) is 0 Å². The van der Waals surface area contributed by atoms with Crippen molar-refractivity contribution in [2.24, 2.45) is 5.92 Å². The Balaban J connectivity index is 2.10. The van der Waals surface area contributed by atoms with Gasteiger partial charge in [-0.3, -0.25) is 0 Å². The zero-order chi connectivity index (χ0) is 16.7. The molecular weight excluding hydrogens is 286 g/mol. The lowest BCUT2D eigenvalue weighted by Gasteiger charge is -2.12. The maximum absolute atomic E-state index is 8.80. The number of hydrogen-bond acceptors (Lipinski definition) is 4. The summed E-state index contributed by atoms with van der Waals surface area (Å²) in [4.78, 5) is 2.05. The normalized spacial score (nSPS) is 16.0.